The monoisotopic (exact) mass is 474 g/mol. The van der Waals surface area contributed by atoms with Crippen molar-refractivity contribution in [1.82, 2.24) is 10.2 Å². The number of carboxylic acids is 1. The molecular formula is C26H38N2O6. The number of ether oxygens (including phenoxy) is 2. The fourth-order valence-electron chi connectivity index (χ4n) is 3.91. The minimum atomic E-state index is -1.08. The Labute approximate surface area is 202 Å². The van der Waals surface area contributed by atoms with Crippen LogP contribution in [-0.2, 0) is 25.7 Å². The molecule has 1 heterocycles. The van der Waals surface area contributed by atoms with Gasteiger partial charge in [-0.3, -0.25) is 4.79 Å². The molecule has 1 saturated heterocycles. The van der Waals surface area contributed by atoms with E-state index in [1.165, 1.54) is 4.90 Å². The van der Waals surface area contributed by atoms with E-state index in [1.807, 2.05) is 36.4 Å². The Balaban J connectivity index is 2.07. The Morgan fingerprint density at radius 1 is 1.21 bits per heavy atom. The third-order valence-electron chi connectivity index (χ3n) is 5.55. The number of allylic oxidation sites excluding steroid dienone is 1. The molecule has 0 spiro atoms. The van der Waals surface area contributed by atoms with E-state index in [1.54, 1.807) is 20.8 Å². The van der Waals surface area contributed by atoms with Crippen LogP contribution in [0.3, 0.4) is 0 Å². The lowest BCUT2D eigenvalue weighted by Gasteiger charge is -2.28. The zero-order chi connectivity index (χ0) is 25.1. The Hall–Kier alpha value is -2.87. The van der Waals surface area contributed by atoms with E-state index in [9.17, 15) is 19.5 Å². The van der Waals surface area contributed by atoms with Crippen molar-refractivity contribution in [2.24, 2.45) is 0 Å². The highest BCUT2D eigenvalue weighted by Gasteiger charge is 2.42. The summed E-state index contributed by atoms with van der Waals surface area (Å²) in [7, 11) is 0. The number of alkyl carbamates (subject to hydrolysis) is 1. The SMILES string of the molecule is C=CCCCCC[C@H](NC(=O)OC(C)(C)C)C(=O)N1C[C@H](OCc2ccccc2)C[C@H]1C(=O)O. The number of carbonyl (C=O) groups is 3. The maximum atomic E-state index is 13.4. The van der Waals surface area contributed by atoms with Gasteiger partial charge in [0.05, 0.1) is 12.7 Å². The van der Waals surface area contributed by atoms with Crippen LogP contribution < -0.4 is 5.32 Å². The van der Waals surface area contributed by atoms with Crippen molar-refractivity contribution in [3.8, 4) is 0 Å². The van der Waals surface area contributed by atoms with Crippen molar-refractivity contribution >= 4 is 18.0 Å². The highest BCUT2D eigenvalue weighted by Crippen LogP contribution is 2.24. The number of likely N-dealkylation sites (tertiary alicyclic amines) is 1. The van der Waals surface area contributed by atoms with Crippen LogP contribution >= 0.6 is 0 Å². The molecule has 0 unspecified atom stereocenters. The molecule has 1 aliphatic rings. The highest BCUT2D eigenvalue weighted by atomic mass is 16.6. The molecule has 2 amide bonds. The molecule has 188 valence electrons. The predicted molar refractivity (Wildman–Crippen MR) is 129 cm³/mol. The van der Waals surface area contributed by atoms with Crippen molar-refractivity contribution in [1.29, 1.82) is 0 Å². The number of aliphatic carboxylic acids is 1. The van der Waals surface area contributed by atoms with Crippen molar-refractivity contribution in [2.75, 3.05) is 6.54 Å². The number of nitrogens with zero attached hydrogens (tertiary/aromatic N) is 1. The third kappa shape index (κ3) is 9.17. The number of benzene rings is 1. The normalized spacial score (nSPS) is 18.9. The summed E-state index contributed by atoms with van der Waals surface area (Å²) in [6, 6.07) is 7.72. The molecule has 2 rings (SSSR count). The van der Waals surface area contributed by atoms with Crippen LogP contribution in [0.25, 0.3) is 0 Å². The minimum absolute atomic E-state index is 0.158. The Bertz CT molecular complexity index is 820. The second-order valence-corrected chi connectivity index (χ2v) is 9.62. The number of rotatable bonds is 12. The van der Waals surface area contributed by atoms with Crippen molar-refractivity contribution in [3.05, 3.63) is 48.6 Å². The molecule has 1 aliphatic heterocycles. The minimum Gasteiger partial charge on any atom is -0.480 e. The molecule has 0 saturated carbocycles. The molecule has 0 radical (unpaired) electrons. The molecule has 8 heteroatoms. The van der Waals surface area contributed by atoms with Crippen LogP contribution in [0.1, 0.15) is 64.9 Å². The van der Waals surface area contributed by atoms with Gasteiger partial charge in [-0.2, -0.15) is 0 Å². The average Bonchev–Trinajstić information content (AvgIpc) is 3.20. The Morgan fingerprint density at radius 3 is 2.53 bits per heavy atom. The lowest BCUT2D eigenvalue weighted by molar-refractivity contribution is -0.149. The van der Waals surface area contributed by atoms with Crippen molar-refractivity contribution in [2.45, 2.75) is 89.7 Å². The van der Waals surface area contributed by atoms with Gasteiger partial charge in [0.2, 0.25) is 5.91 Å². The molecule has 1 aromatic rings. The summed E-state index contributed by atoms with van der Waals surface area (Å²) >= 11 is 0. The van der Waals surface area contributed by atoms with Crippen molar-refractivity contribution in [3.63, 3.8) is 0 Å². The second kappa shape index (κ2) is 13.1. The van der Waals surface area contributed by atoms with E-state index >= 15 is 0 Å². The first kappa shape index (κ1) is 27.4. The van der Waals surface area contributed by atoms with Gasteiger partial charge in [0, 0.05) is 13.0 Å². The number of unbranched alkanes of at least 4 members (excludes halogenated alkanes) is 3. The molecule has 0 bridgehead atoms. The number of amides is 2. The largest absolute Gasteiger partial charge is 0.480 e. The fourth-order valence-corrected chi connectivity index (χ4v) is 3.91. The van der Waals surface area contributed by atoms with Gasteiger partial charge in [0.1, 0.15) is 17.7 Å². The summed E-state index contributed by atoms with van der Waals surface area (Å²) in [4.78, 5) is 39.1. The van der Waals surface area contributed by atoms with E-state index in [4.69, 9.17) is 9.47 Å². The number of carboxylic acid groups (broad SMARTS) is 1. The molecule has 2 N–H and O–H groups in total. The maximum Gasteiger partial charge on any atom is 0.408 e. The molecule has 0 aliphatic carbocycles. The number of hydrogen-bond acceptors (Lipinski definition) is 5. The van der Waals surface area contributed by atoms with Gasteiger partial charge < -0.3 is 24.8 Å². The highest BCUT2D eigenvalue weighted by molar-refractivity contribution is 5.90. The predicted octanol–water partition coefficient (Wildman–Crippen LogP) is 4.29. The van der Waals surface area contributed by atoms with Gasteiger partial charge in [0.15, 0.2) is 0 Å². The summed E-state index contributed by atoms with van der Waals surface area (Å²) in [5.74, 6) is -1.51. The van der Waals surface area contributed by atoms with Crippen LogP contribution in [0.5, 0.6) is 0 Å². The fraction of sp³-hybridized carbons (Fsp3) is 0.577. The van der Waals surface area contributed by atoms with Crippen LogP contribution in [0, 0.1) is 0 Å². The van der Waals surface area contributed by atoms with Crippen LogP contribution in [0.4, 0.5) is 4.79 Å². The Kier molecular flexibility index (Phi) is 10.6. The quantitative estimate of drug-likeness (QED) is 0.346. The third-order valence-corrected chi connectivity index (χ3v) is 5.55. The van der Waals surface area contributed by atoms with Gasteiger partial charge >= 0.3 is 12.1 Å². The lowest BCUT2D eigenvalue weighted by atomic mass is 10.1. The van der Waals surface area contributed by atoms with Gasteiger partial charge in [-0.1, -0.05) is 49.2 Å². The standard InChI is InChI=1S/C26H38N2O6/c1-5-6-7-8-12-15-21(27-25(32)34-26(2,3)4)23(29)28-17-20(16-22(28)24(30)31)33-18-19-13-10-9-11-14-19/h5,9-11,13-14,20-22H,1,6-8,12,15-18H2,2-4H3,(H,27,32)(H,30,31)/t20-,21+,22+/m1/s1. The van der Waals surface area contributed by atoms with Gasteiger partial charge in [-0.15, -0.1) is 6.58 Å². The molecule has 34 heavy (non-hydrogen) atoms. The summed E-state index contributed by atoms with van der Waals surface area (Å²) in [5, 5.41) is 12.4. The molecule has 8 nitrogen and oxygen atoms in total. The van der Waals surface area contributed by atoms with E-state index in [2.05, 4.69) is 11.9 Å². The first-order valence-electron chi connectivity index (χ1n) is 11.9. The molecule has 0 aromatic heterocycles. The zero-order valence-electron chi connectivity index (χ0n) is 20.5. The average molecular weight is 475 g/mol. The number of hydrogen-bond donors (Lipinski definition) is 2. The summed E-state index contributed by atoms with van der Waals surface area (Å²) < 4.78 is 11.3. The van der Waals surface area contributed by atoms with E-state index in [-0.39, 0.29) is 13.0 Å². The van der Waals surface area contributed by atoms with E-state index < -0.39 is 41.8 Å². The topological polar surface area (TPSA) is 105 Å². The summed E-state index contributed by atoms with van der Waals surface area (Å²) in [6.45, 7) is 9.44. The van der Waals surface area contributed by atoms with Crippen LogP contribution in [-0.4, -0.2) is 58.3 Å². The van der Waals surface area contributed by atoms with Crippen LogP contribution in [0.15, 0.2) is 43.0 Å². The molecule has 3 atom stereocenters. The van der Waals surface area contributed by atoms with Crippen molar-refractivity contribution < 1.29 is 29.0 Å². The summed E-state index contributed by atoms with van der Waals surface area (Å²) in [6.07, 6.45) is 4.74. The molecule has 1 aromatic carbocycles. The number of nitrogens with one attached hydrogen (secondary N) is 1. The smallest absolute Gasteiger partial charge is 0.408 e. The van der Waals surface area contributed by atoms with Gasteiger partial charge in [0.25, 0.3) is 0 Å². The zero-order valence-corrected chi connectivity index (χ0v) is 20.5. The summed E-state index contributed by atoms with van der Waals surface area (Å²) in [5.41, 5.74) is 0.262. The number of carbonyl (C=O) groups excluding carboxylic acids is 2. The molecule has 1 fully saturated rings. The van der Waals surface area contributed by atoms with Gasteiger partial charge in [-0.05, 0) is 45.6 Å². The first-order valence-corrected chi connectivity index (χ1v) is 11.9. The van der Waals surface area contributed by atoms with Gasteiger partial charge in [-0.25, -0.2) is 9.59 Å². The Morgan fingerprint density at radius 2 is 1.91 bits per heavy atom. The molecular weight excluding hydrogens is 436 g/mol. The van der Waals surface area contributed by atoms with Crippen LogP contribution in [0.2, 0.25) is 0 Å². The maximum absolute atomic E-state index is 13.4. The first-order chi connectivity index (χ1) is 16.1. The van der Waals surface area contributed by atoms with E-state index in [0.29, 0.717) is 19.4 Å². The second-order valence-electron chi connectivity index (χ2n) is 9.62. The lowest BCUT2D eigenvalue weighted by Crippen LogP contribution is -2.52. The van der Waals surface area contributed by atoms with E-state index in [0.717, 1.165) is 24.8 Å².